The minimum atomic E-state index is -0.942. The molecule has 0 fully saturated rings. The molecule has 110 valence electrons. The number of carbonyl (C=O) groups excluding carboxylic acids is 3. The summed E-state index contributed by atoms with van der Waals surface area (Å²) in [4.78, 5) is 33.9. The molecule has 0 aliphatic heterocycles. The number of amides is 2. The Bertz CT molecular complexity index is 336. The summed E-state index contributed by atoms with van der Waals surface area (Å²) in [5.74, 6) is -1.17. The Kier molecular flexibility index (Phi) is 6.89. The largest absolute Gasteiger partial charge is 0.464 e. The summed E-state index contributed by atoms with van der Waals surface area (Å²) in [6, 6.07) is -0.942. The van der Waals surface area contributed by atoms with Crippen molar-refractivity contribution in [1.82, 2.24) is 5.32 Å². The molecule has 0 aromatic carbocycles. The number of rotatable bonds is 6. The molecule has 0 bridgehead atoms. The first-order valence-corrected chi connectivity index (χ1v) is 6.10. The molecule has 2 amide bonds. The predicted molar refractivity (Wildman–Crippen MR) is 68.2 cm³/mol. The van der Waals surface area contributed by atoms with Crippen molar-refractivity contribution in [3.8, 4) is 0 Å². The molecular weight excluding hydrogens is 252 g/mol. The topological polar surface area (TPSA) is 108 Å². The first kappa shape index (κ1) is 17.2. The highest BCUT2D eigenvalue weighted by Crippen LogP contribution is 2.08. The molecular formula is C12H22N2O5. The van der Waals surface area contributed by atoms with Crippen LogP contribution in [0.15, 0.2) is 0 Å². The van der Waals surface area contributed by atoms with Gasteiger partial charge in [0.15, 0.2) is 0 Å². The van der Waals surface area contributed by atoms with Crippen molar-refractivity contribution in [1.29, 1.82) is 0 Å². The Morgan fingerprint density at radius 2 is 1.84 bits per heavy atom. The van der Waals surface area contributed by atoms with Crippen LogP contribution in [0.3, 0.4) is 0 Å². The third kappa shape index (κ3) is 8.87. The van der Waals surface area contributed by atoms with E-state index in [1.807, 2.05) is 0 Å². The van der Waals surface area contributed by atoms with Crippen molar-refractivity contribution < 1.29 is 23.9 Å². The monoisotopic (exact) mass is 274 g/mol. The fourth-order valence-corrected chi connectivity index (χ4v) is 1.23. The van der Waals surface area contributed by atoms with E-state index in [1.165, 1.54) is 0 Å². The lowest BCUT2D eigenvalue weighted by Crippen LogP contribution is -2.44. The van der Waals surface area contributed by atoms with E-state index in [2.05, 4.69) is 5.32 Å². The van der Waals surface area contributed by atoms with Crippen LogP contribution in [0.4, 0.5) is 4.79 Å². The normalized spacial score (nSPS) is 12.4. The molecule has 0 aliphatic carbocycles. The maximum atomic E-state index is 11.6. The molecule has 0 saturated heterocycles. The Balaban J connectivity index is 4.52. The standard InChI is InChI=1S/C12H22N2O5/c1-5-18-10(16)8(6-7-9(13)15)14-11(17)19-12(2,3)4/h8H,5-7H2,1-4H3,(H2,13,15)(H,14,17). The van der Waals surface area contributed by atoms with Gasteiger partial charge in [-0.3, -0.25) is 4.79 Å². The van der Waals surface area contributed by atoms with Crippen molar-refractivity contribution >= 4 is 18.0 Å². The van der Waals surface area contributed by atoms with Crippen LogP contribution < -0.4 is 11.1 Å². The number of carbonyl (C=O) groups is 3. The molecule has 7 nitrogen and oxygen atoms in total. The van der Waals surface area contributed by atoms with Crippen molar-refractivity contribution in [3.63, 3.8) is 0 Å². The van der Waals surface area contributed by atoms with Crippen LogP contribution in [-0.4, -0.2) is 36.2 Å². The molecule has 0 saturated carbocycles. The SMILES string of the molecule is CCOC(=O)C(CCC(N)=O)NC(=O)OC(C)(C)C. The van der Waals surface area contributed by atoms with E-state index in [-0.39, 0.29) is 19.4 Å². The van der Waals surface area contributed by atoms with Crippen LogP contribution in [0.25, 0.3) is 0 Å². The maximum Gasteiger partial charge on any atom is 0.408 e. The molecule has 19 heavy (non-hydrogen) atoms. The van der Waals surface area contributed by atoms with Crippen LogP contribution in [0, 0.1) is 0 Å². The van der Waals surface area contributed by atoms with E-state index in [0.717, 1.165) is 0 Å². The fourth-order valence-electron chi connectivity index (χ4n) is 1.23. The lowest BCUT2D eigenvalue weighted by atomic mass is 10.1. The van der Waals surface area contributed by atoms with Gasteiger partial charge in [-0.15, -0.1) is 0 Å². The minimum absolute atomic E-state index is 0.0285. The van der Waals surface area contributed by atoms with Gasteiger partial charge in [0, 0.05) is 6.42 Å². The minimum Gasteiger partial charge on any atom is -0.464 e. The molecule has 0 rings (SSSR count). The van der Waals surface area contributed by atoms with Gasteiger partial charge in [0.2, 0.25) is 5.91 Å². The molecule has 0 aliphatic rings. The highest BCUT2D eigenvalue weighted by atomic mass is 16.6. The van der Waals surface area contributed by atoms with Gasteiger partial charge in [-0.2, -0.15) is 0 Å². The lowest BCUT2D eigenvalue weighted by Gasteiger charge is -2.22. The second kappa shape index (κ2) is 7.60. The number of hydrogen-bond donors (Lipinski definition) is 2. The zero-order valence-electron chi connectivity index (χ0n) is 11.8. The second-order valence-corrected chi connectivity index (χ2v) is 4.96. The van der Waals surface area contributed by atoms with E-state index in [4.69, 9.17) is 15.2 Å². The molecule has 7 heteroatoms. The van der Waals surface area contributed by atoms with Crippen LogP contribution >= 0.6 is 0 Å². The Morgan fingerprint density at radius 1 is 1.26 bits per heavy atom. The zero-order valence-corrected chi connectivity index (χ0v) is 11.8. The summed E-state index contributed by atoms with van der Waals surface area (Å²) in [6.45, 7) is 6.94. The lowest BCUT2D eigenvalue weighted by molar-refractivity contribution is -0.145. The maximum absolute atomic E-state index is 11.6. The van der Waals surface area contributed by atoms with Gasteiger partial charge in [0.05, 0.1) is 6.61 Å². The third-order valence-electron chi connectivity index (χ3n) is 1.94. The average molecular weight is 274 g/mol. The quantitative estimate of drug-likeness (QED) is 0.693. The molecule has 0 radical (unpaired) electrons. The van der Waals surface area contributed by atoms with Gasteiger partial charge < -0.3 is 20.5 Å². The average Bonchev–Trinajstić information content (AvgIpc) is 2.21. The van der Waals surface area contributed by atoms with Gasteiger partial charge in [0.1, 0.15) is 11.6 Å². The summed E-state index contributed by atoms with van der Waals surface area (Å²) in [7, 11) is 0. The molecule has 0 aromatic heterocycles. The van der Waals surface area contributed by atoms with Gasteiger partial charge in [-0.05, 0) is 34.1 Å². The number of alkyl carbamates (subject to hydrolysis) is 1. The second-order valence-electron chi connectivity index (χ2n) is 4.96. The molecule has 1 unspecified atom stereocenters. The predicted octanol–water partition coefficient (Wildman–Crippen LogP) is 0.708. The van der Waals surface area contributed by atoms with Gasteiger partial charge in [-0.1, -0.05) is 0 Å². The number of nitrogens with two attached hydrogens (primary N) is 1. The summed E-state index contributed by atoms with van der Waals surface area (Å²) >= 11 is 0. The molecule has 3 N–H and O–H groups in total. The van der Waals surface area contributed by atoms with Crippen molar-refractivity contribution in [2.75, 3.05) is 6.61 Å². The van der Waals surface area contributed by atoms with Gasteiger partial charge >= 0.3 is 12.1 Å². The summed E-state index contributed by atoms with van der Waals surface area (Å²) in [6.07, 6.45) is -0.692. The van der Waals surface area contributed by atoms with Gasteiger partial charge in [-0.25, -0.2) is 9.59 Å². The first-order valence-electron chi connectivity index (χ1n) is 6.10. The molecule has 1 atom stereocenters. The number of ether oxygens (including phenoxy) is 2. The van der Waals surface area contributed by atoms with E-state index >= 15 is 0 Å². The highest BCUT2D eigenvalue weighted by Gasteiger charge is 2.25. The molecule has 0 heterocycles. The Morgan fingerprint density at radius 3 is 2.26 bits per heavy atom. The van der Waals surface area contributed by atoms with Crippen LogP contribution in [0.5, 0.6) is 0 Å². The van der Waals surface area contributed by atoms with Gasteiger partial charge in [0.25, 0.3) is 0 Å². The van der Waals surface area contributed by atoms with Crippen LogP contribution in [0.1, 0.15) is 40.5 Å². The van der Waals surface area contributed by atoms with Crippen molar-refractivity contribution in [2.45, 2.75) is 52.2 Å². The Labute approximate surface area is 112 Å². The smallest absolute Gasteiger partial charge is 0.408 e. The third-order valence-corrected chi connectivity index (χ3v) is 1.94. The first-order chi connectivity index (χ1) is 8.65. The van der Waals surface area contributed by atoms with Crippen LogP contribution in [-0.2, 0) is 19.1 Å². The van der Waals surface area contributed by atoms with E-state index in [0.29, 0.717) is 0 Å². The number of nitrogens with one attached hydrogen (secondary N) is 1. The fraction of sp³-hybridized carbons (Fsp3) is 0.750. The zero-order chi connectivity index (χ0) is 15.1. The highest BCUT2D eigenvalue weighted by molar-refractivity contribution is 5.82. The number of hydrogen-bond acceptors (Lipinski definition) is 5. The molecule has 0 spiro atoms. The van der Waals surface area contributed by atoms with E-state index in [9.17, 15) is 14.4 Å². The van der Waals surface area contributed by atoms with E-state index in [1.54, 1.807) is 27.7 Å². The number of primary amides is 1. The van der Waals surface area contributed by atoms with Crippen molar-refractivity contribution in [2.24, 2.45) is 5.73 Å². The summed E-state index contributed by atoms with van der Waals surface area (Å²) < 4.78 is 9.84. The summed E-state index contributed by atoms with van der Waals surface area (Å²) in [5, 5.41) is 2.37. The Hall–Kier alpha value is -1.79. The summed E-state index contributed by atoms with van der Waals surface area (Å²) in [5.41, 5.74) is 4.34. The van der Waals surface area contributed by atoms with Crippen molar-refractivity contribution in [3.05, 3.63) is 0 Å². The van der Waals surface area contributed by atoms with Crippen LogP contribution in [0.2, 0.25) is 0 Å². The molecule has 0 aromatic rings. The van der Waals surface area contributed by atoms with E-state index < -0.39 is 29.6 Å². The number of esters is 1.